The molecule has 1 aliphatic heterocycles. The van der Waals surface area contributed by atoms with Crippen molar-refractivity contribution in [3.63, 3.8) is 0 Å². The smallest absolute Gasteiger partial charge is 0.240 e. The highest BCUT2D eigenvalue weighted by atomic mass is 19.1. The van der Waals surface area contributed by atoms with Gasteiger partial charge in [0.1, 0.15) is 23.7 Å². The van der Waals surface area contributed by atoms with Crippen LogP contribution in [-0.4, -0.2) is 23.2 Å². The van der Waals surface area contributed by atoms with Gasteiger partial charge in [-0.2, -0.15) is 5.10 Å². The van der Waals surface area contributed by atoms with Gasteiger partial charge in [0.15, 0.2) is 0 Å². The first kappa shape index (κ1) is 17.1. The first-order chi connectivity index (χ1) is 11.8. The topological polar surface area (TPSA) is 41.9 Å². The number of aryl methyl sites for hydroxylation is 1. The van der Waals surface area contributed by atoms with Crippen LogP contribution >= 0.6 is 0 Å². The van der Waals surface area contributed by atoms with E-state index in [0.29, 0.717) is 17.9 Å². The number of hydrazone groups is 1. The lowest BCUT2D eigenvalue weighted by Crippen LogP contribution is -2.45. The van der Waals surface area contributed by atoms with E-state index < -0.39 is 5.54 Å². The molecule has 1 aliphatic rings. The van der Waals surface area contributed by atoms with Gasteiger partial charge in [-0.3, -0.25) is 4.79 Å². The highest BCUT2D eigenvalue weighted by molar-refractivity contribution is 5.99. The summed E-state index contributed by atoms with van der Waals surface area (Å²) in [5.74, 6) is 0.157. The van der Waals surface area contributed by atoms with E-state index in [1.807, 2.05) is 38.1 Å². The number of para-hydroxylation sites is 1. The number of hydrogen-bond acceptors (Lipinski definition) is 3. The molecule has 0 radical (unpaired) electrons. The minimum atomic E-state index is -0.732. The fourth-order valence-electron chi connectivity index (χ4n) is 3.16. The maximum atomic E-state index is 14.2. The molecule has 1 amide bonds. The Morgan fingerprint density at radius 2 is 1.96 bits per heavy atom. The average molecular weight is 340 g/mol. The van der Waals surface area contributed by atoms with Crippen LogP contribution < -0.4 is 4.74 Å². The normalized spacial score (nSPS) is 19.3. The van der Waals surface area contributed by atoms with E-state index in [1.54, 1.807) is 19.1 Å². The van der Waals surface area contributed by atoms with Gasteiger partial charge in [0, 0.05) is 18.1 Å². The Morgan fingerprint density at radius 3 is 2.68 bits per heavy atom. The largest absolute Gasteiger partial charge is 0.490 e. The Morgan fingerprint density at radius 1 is 1.24 bits per heavy atom. The van der Waals surface area contributed by atoms with Gasteiger partial charge >= 0.3 is 0 Å². The molecule has 25 heavy (non-hydrogen) atoms. The third kappa shape index (κ3) is 3.02. The summed E-state index contributed by atoms with van der Waals surface area (Å²) in [6, 6.07) is 12.4. The fraction of sp³-hybridized carbons (Fsp3) is 0.300. The van der Waals surface area contributed by atoms with Crippen LogP contribution in [-0.2, 0) is 10.3 Å². The van der Waals surface area contributed by atoms with E-state index in [2.05, 4.69) is 5.10 Å². The van der Waals surface area contributed by atoms with Crippen molar-refractivity contribution in [3.05, 3.63) is 65.0 Å². The molecular weight excluding hydrogens is 319 g/mol. The van der Waals surface area contributed by atoms with Gasteiger partial charge in [0.25, 0.3) is 0 Å². The van der Waals surface area contributed by atoms with E-state index in [9.17, 15) is 9.18 Å². The van der Waals surface area contributed by atoms with Crippen LogP contribution in [0.3, 0.4) is 0 Å². The second kappa shape index (κ2) is 6.31. The summed E-state index contributed by atoms with van der Waals surface area (Å²) in [5, 5.41) is 5.88. The summed E-state index contributed by atoms with van der Waals surface area (Å²) < 4.78 is 19.9. The number of nitrogens with zero attached hydrogens (tertiary/aromatic N) is 2. The van der Waals surface area contributed by atoms with Gasteiger partial charge in [-0.05, 0) is 39.0 Å². The monoisotopic (exact) mass is 340 g/mol. The molecule has 0 aliphatic carbocycles. The van der Waals surface area contributed by atoms with Crippen LogP contribution in [0.2, 0.25) is 0 Å². The minimum absolute atomic E-state index is 0.227. The zero-order valence-corrected chi connectivity index (χ0v) is 14.8. The third-order valence-corrected chi connectivity index (χ3v) is 4.50. The molecule has 1 atom stereocenters. The molecule has 0 saturated carbocycles. The molecule has 3 rings (SSSR count). The van der Waals surface area contributed by atoms with Crippen LogP contribution in [0.5, 0.6) is 5.75 Å². The van der Waals surface area contributed by atoms with E-state index in [-0.39, 0.29) is 11.7 Å². The van der Waals surface area contributed by atoms with Crippen molar-refractivity contribution in [3.8, 4) is 5.75 Å². The third-order valence-electron chi connectivity index (χ3n) is 4.50. The molecule has 0 spiro atoms. The van der Waals surface area contributed by atoms with Crippen molar-refractivity contribution in [1.29, 1.82) is 0 Å². The van der Waals surface area contributed by atoms with Gasteiger partial charge in [-0.15, -0.1) is 0 Å². The summed E-state index contributed by atoms with van der Waals surface area (Å²) in [6.07, 6.45) is 0. The van der Waals surface area contributed by atoms with Gasteiger partial charge in [0.05, 0.1) is 5.71 Å². The number of benzene rings is 2. The second-order valence-electron chi connectivity index (χ2n) is 6.56. The zero-order valence-electron chi connectivity index (χ0n) is 14.8. The second-order valence-corrected chi connectivity index (χ2v) is 6.56. The Kier molecular flexibility index (Phi) is 4.33. The van der Waals surface area contributed by atoms with Crippen molar-refractivity contribution < 1.29 is 13.9 Å². The number of amides is 1. The Bertz CT molecular complexity index is 863. The molecule has 0 fully saturated rings. The van der Waals surface area contributed by atoms with Gasteiger partial charge in [0.2, 0.25) is 5.91 Å². The Hall–Kier alpha value is -2.69. The highest BCUT2D eigenvalue weighted by Crippen LogP contribution is 2.41. The predicted molar refractivity (Wildman–Crippen MR) is 95.2 cm³/mol. The van der Waals surface area contributed by atoms with Gasteiger partial charge in [-0.1, -0.05) is 29.8 Å². The number of carbonyl (C=O) groups excluding carboxylic acids is 1. The lowest BCUT2D eigenvalue weighted by Gasteiger charge is -2.33. The average Bonchev–Trinajstić information content (AvgIpc) is 2.93. The van der Waals surface area contributed by atoms with E-state index in [1.165, 1.54) is 18.0 Å². The molecule has 1 heterocycles. The van der Waals surface area contributed by atoms with Gasteiger partial charge in [-0.25, -0.2) is 9.40 Å². The predicted octanol–water partition coefficient (Wildman–Crippen LogP) is 4.01. The molecule has 2 aromatic rings. The quantitative estimate of drug-likeness (QED) is 0.626. The Balaban J connectivity index is 2.06. The van der Waals surface area contributed by atoms with Crippen LogP contribution in [0, 0.1) is 12.7 Å². The number of halogens is 1. The molecule has 2 aromatic carbocycles. The maximum absolute atomic E-state index is 14.2. The first-order valence-electron chi connectivity index (χ1n) is 8.18. The van der Waals surface area contributed by atoms with Crippen molar-refractivity contribution in [2.45, 2.75) is 33.2 Å². The molecule has 0 bridgehead atoms. The molecule has 5 heteroatoms. The summed E-state index contributed by atoms with van der Waals surface area (Å²) in [7, 11) is 0. The van der Waals surface area contributed by atoms with Crippen LogP contribution in [0.25, 0.3) is 0 Å². The number of rotatable bonds is 3. The van der Waals surface area contributed by atoms with Crippen LogP contribution in [0.15, 0.2) is 47.6 Å². The highest BCUT2D eigenvalue weighted by Gasteiger charge is 2.43. The number of ether oxygens (including phenoxy) is 1. The number of hydrogen-bond donors (Lipinski definition) is 0. The molecule has 0 saturated heterocycles. The molecule has 0 aromatic heterocycles. The maximum Gasteiger partial charge on any atom is 0.240 e. The SMILES string of the molecule is CC(=O)N(N=C(C)c1cc(C)ccc1F)C1(C)COc2ccccc21. The van der Waals surface area contributed by atoms with Crippen molar-refractivity contribution in [1.82, 2.24) is 5.01 Å². The van der Waals surface area contributed by atoms with E-state index in [4.69, 9.17) is 4.74 Å². The first-order valence-corrected chi connectivity index (χ1v) is 8.18. The van der Waals surface area contributed by atoms with Crippen LogP contribution in [0.4, 0.5) is 4.39 Å². The summed E-state index contributed by atoms with van der Waals surface area (Å²) in [5.41, 5.74) is 1.93. The molecule has 0 N–H and O–H groups in total. The van der Waals surface area contributed by atoms with E-state index >= 15 is 0 Å². The van der Waals surface area contributed by atoms with Gasteiger partial charge < -0.3 is 4.74 Å². The fourth-order valence-corrected chi connectivity index (χ4v) is 3.16. The summed E-state index contributed by atoms with van der Waals surface area (Å²) in [6.45, 7) is 7.26. The van der Waals surface area contributed by atoms with Crippen molar-refractivity contribution >= 4 is 11.6 Å². The summed E-state index contributed by atoms with van der Waals surface area (Å²) in [4.78, 5) is 12.3. The molecule has 130 valence electrons. The zero-order chi connectivity index (χ0) is 18.2. The Labute approximate surface area is 146 Å². The number of carbonyl (C=O) groups is 1. The van der Waals surface area contributed by atoms with Crippen molar-refractivity contribution in [2.75, 3.05) is 6.61 Å². The van der Waals surface area contributed by atoms with Crippen molar-refractivity contribution in [2.24, 2.45) is 5.10 Å². The lowest BCUT2D eigenvalue weighted by molar-refractivity contribution is -0.135. The minimum Gasteiger partial charge on any atom is -0.490 e. The molecule has 1 unspecified atom stereocenters. The molecular formula is C20H21FN2O2. The molecule has 4 nitrogen and oxygen atoms in total. The van der Waals surface area contributed by atoms with Crippen LogP contribution in [0.1, 0.15) is 37.5 Å². The number of fused-ring (bicyclic) bond motifs is 1. The standard InChI is InChI=1S/C20H21FN2O2/c1-13-9-10-18(21)16(11-13)14(2)22-23(15(3)24)20(4)12-25-19-8-6-5-7-17(19)20/h5-11H,12H2,1-4H3. The summed E-state index contributed by atoms with van der Waals surface area (Å²) >= 11 is 0. The van der Waals surface area contributed by atoms with E-state index in [0.717, 1.165) is 16.9 Å². The lowest BCUT2D eigenvalue weighted by atomic mass is 9.93.